The highest BCUT2D eigenvalue weighted by molar-refractivity contribution is 14.0. The lowest BCUT2D eigenvalue weighted by Crippen LogP contribution is -2.51. The molecule has 164 valence electrons. The molecule has 1 saturated heterocycles. The number of carbonyl (C=O) groups is 1. The van der Waals surface area contributed by atoms with Crippen LogP contribution in [-0.4, -0.2) is 44.7 Å². The first kappa shape index (κ1) is 23.8. The van der Waals surface area contributed by atoms with E-state index in [0.717, 1.165) is 49.9 Å². The number of amides is 1. The Bertz CT molecular complexity index is 855. The Kier molecular flexibility index (Phi) is 9.28. The molecule has 9 heteroatoms. The Balaban J connectivity index is 0.00000320. The first-order chi connectivity index (χ1) is 14.1. The summed E-state index contributed by atoms with van der Waals surface area (Å²) in [5.74, 6) is 1.75. The van der Waals surface area contributed by atoms with Gasteiger partial charge < -0.3 is 30.4 Å². The summed E-state index contributed by atoms with van der Waals surface area (Å²) in [6.45, 7) is 5.00. The van der Waals surface area contributed by atoms with Gasteiger partial charge in [0.15, 0.2) is 11.7 Å². The Labute approximate surface area is 194 Å². The van der Waals surface area contributed by atoms with E-state index in [9.17, 15) is 4.79 Å². The molecule has 1 aromatic carbocycles. The molecule has 0 radical (unpaired) electrons. The van der Waals surface area contributed by atoms with Crippen LogP contribution in [-0.2, 0) is 6.54 Å². The van der Waals surface area contributed by atoms with Crippen molar-refractivity contribution < 1.29 is 13.9 Å². The number of hydrogen-bond donors (Lipinski definition) is 3. The molecule has 2 heterocycles. The normalized spacial score (nSPS) is 16.5. The monoisotopic (exact) mass is 527 g/mol. The number of carbonyl (C=O) groups excluding carboxylic acids is 1. The number of ether oxygens (including phenoxy) is 1. The van der Waals surface area contributed by atoms with Crippen LogP contribution in [0.1, 0.15) is 36.1 Å². The smallest absolute Gasteiger partial charge is 0.284 e. The molecular formula is C21H30IN5O3. The highest BCUT2D eigenvalue weighted by Gasteiger charge is 2.21. The van der Waals surface area contributed by atoms with E-state index in [1.165, 1.54) is 0 Å². The lowest BCUT2D eigenvalue weighted by atomic mass is 10.0. The number of piperidine rings is 1. The van der Waals surface area contributed by atoms with Crippen LogP contribution in [0.25, 0.3) is 0 Å². The summed E-state index contributed by atoms with van der Waals surface area (Å²) in [6, 6.07) is 11.7. The highest BCUT2D eigenvalue weighted by Crippen LogP contribution is 2.24. The second kappa shape index (κ2) is 11.7. The molecule has 4 N–H and O–H groups in total. The number of nitrogens with zero attached hydrogens (tertiary/aromatic N) is 2. The maximum atomic E-state index is 11.2. The summed E-state index contributed by atoms with van der Waals surface area (Å²) < 4.78 is 10.8. The number of nitrogens with two attached hydrogens (primary N) is 1. The Hall–Kier alpha value is -2.43. The van der Waals surface area contributed by atoms with Gasteiger partial charge in [0.1, 0.15) is 18.1 Å². The zero-order chi connectivity index (χ0) is 20.6. The van der Waals surface area contributed by atoms with Crippen molar-refractivity contribution in [3.8, 4) is 5.75 Å². The molecule has 3 rings (SSSR count). The summed E-state index contributed by atoms with van der Waals surface area (Å²) in [6.07, 6.45) is 2.16. The minimum Gasteiger partial charge on any atom is -0.497 e. The maximum absolute atomic E-state index is 11.2. The molecule has 1 amide bonds. The highest BCUT2D eigenvalue weighted by atomic mass is 127. The van der Waals surface area contributed by atoms with E-state index in [4.69, 9.17) is 14.9 Å². The van der Waals surface area contributed by atoms with Gasteiger partial charge in [-0.1, -0.05) is 6.07 Å². The minimum atomic E-state index is -0.579. The molecule has 1 atom stereocenters. The van der Waals surface area contributed by atoms with Gasteiger partial charge in [0.05, 0.1) is 7.11 Å². The summed E-state index contributed by atoms with van der Waals surface area (Å²) in [4.78, 5) is 18.1. The van der Waals surface area contributed by atoms with E-state index in [-0.39, 0.29) is 35.8 Å². The van der Waals surface area contributed by atoms with Crippen LogP contribution >= 0.6 is 24.0 Å². The number of aliphatic imine (C=N–C) groups is 1. The third-order valence-electron chi connectivity index (χ3n) is 4.82. The molecule has 1 aliphatic rings. The van der Waals surface area contributed by atoms with Gasteiger partial charge in [0.2, 0.25) is 0 Å². The van der Waals surface area contributed by atoms with Gasteiger partial charge in [-0.2, -0.15) is 0 Å². The number of nitrogens with one attached hydrogen (secondary N) is 2. The zero-order valence-electron chi connectivity index (χ0n) is 17.4. The van der Waals surface area contributed by atoms with Crippen LogP contribution in [0.5, 0.6) is 5.75 Å². The molecule has 0 spiro atoms. The first-order valence-electron chi connectivity index (χ1n) is 9.91. The molecule has 30 heavy (non-hydrogen) atoms. The number of rotatable bonds is 7. The Morgan fingerprint density at radius 1 is 1.37 bits per heavy atom. The van der Waals surface area contributed by atoms with Crippen LogP contribution < -0.4 is 26.0 Å². The third-order valence-corrected chi connectivity index (χ3v) is 4.82. The van der Waals surface area contributed by atoms with Crippen LogP contribution in [0.15, 0.2) is 45.8 Å². The third kappa shape index (κ3) is 6.54. The summed E-state index contributed by atoms with van der Waals surface area (Å²) in [5, 5.41) is 6.79. The van der Waals surface area contributed by atoms with Crippen molar-refractivity contribution in [1.29, 1.82) is 0 Å². The number of furan rings is 1. The molecule has 1 aliphatic heterocycles. The van der Waals surface area contributed by atoms with Gasteiger partial charge in [-0.05, 0) is 44.0 Å². The van der Waals surface area contributed by atoms with Crippen molar-refractivity contribution in [3.05, 3.63) is 47.9 Å². The van der Waals surface area contributed by atoms with Crippen LogP contribution in [0.3, 0.4) is 0 Å². The lowest BCUT2D eigenvalue weighted by Gasteiger charge is -2.35. The molecule has 1 aromatic heterocycles. The number of guanidine groups is 1. The fourth-order valence-electron chi connectivity index (χ4n) is 3.40. The van der Waals surface area contributed by atoms with E-state index < -0.39 is 5.91 Å². The van der Waals surface area contributed by atoms with E-state index in [0.29, 0.717) is 12.3 Å². The first-order valence-corrected chi connectivity index (χ1v) is 9.91. The van der Waals surface area contributed by atoms with E-state index >= 15 is 0 Å². The zero-order valence-corrected chi connectivity index (χ0v) is 19.7. The molecule has 0 saturated carbocycles. The number of halogens is 1. The number of hydrogen-bond acceptors (Lipinski definition) is 5. The van der Waals surface area contributed by atoms with E-state index in [1.54, 1.807) is 19.2 Å². The minimum absolute atomic E-state index is 0. The van der Waals surface area contributed by atoms with Crippen molar-refractivity contribution in [1.82, 2.24) is 10.6 Å². The fourth-order valence-corrected chi connectivity index (χ4v) is 3.40. The number of methoxy groups -OCH3 is 1. The predicted molar refractivity (Wildman–Crippen MR) is 129 cm³/mol. The summed E-state index contributed by atoms with van der Waals surface area (Å²) >= 11 is 0. The van der Waals surface area contributed by atoms with Crippen molar-refractivity contribution >= 4 is 41.5 Å². The van der Waals surface area contributed by atoms with Gasteiger partial charge in [-0.15, -0.1) is 24.0 Å². The molecule has 1 fully saturated rings. The molecule has 0 bridgehead atoms. The van der Waals surface area contributed by atoms with Crippen molar-refractivity contribution in [2.45, 2.75) is 32.4 Å². The predicted octanol–water partition coefficient (Wildman–Crippen LogP) is 2.73. The standard InChI is InChI=1S/C21H29N5O3.HI/c1-3-23-21(24-13-18-9-10-19(29-18)20(22)27)25-15-6-5-11-26(14-15)16-7-4-8-17(12-16)28-2;/h4,7-10,12,15H,3,5-6,11,13-14H2,1-2H3,(H2,22,27)(H2,23,24,25);1H. The molecule has 1 unspecified atom stereocenters. The molecule has 0 aliphatic carbocycles. The van der Waals surface area contributed by atoms with Gasteiger partial charge >= 0.3 is 0 Å². The van der Waals surface area contributed by atoms with Crippen LogP contribution in [0.4, 0.5) is 5.69 Å². The topological polar surface area (TPSA) is 105 Å². The quantitative estimate of drug-likeness (QED) is 0.291. The largest absolute Gasteiger partial charge is 0.497 e. The average Bonchev–Trinajstić information content (AvgIpc) is 3.22. The van der Waals surface area contributed by atoms with Gasteiger partial charge in [0.25, 0.3) is 5.91 Å². The summed E-state index contributed by atoms with van der Waals surface area (Å²) in [5.41, 5.74) is 6.39. The van der Waals surface area contributed by atoms with Gasteiger partial charge in [-0.3, -0.25) is 4.79 Å². The Morgan fingerprint density at radius 2 is 2.20 bits per heavy atom. The van der Waals surface area contributed by atoms with Gasteiger partial charge in [-0.25, -0.2) is 4.99 Å². The fraction of sp³-hybridized carbons (Fsp3) is 0.429. The second-order valence-electron chi connectivity index (χ2n) is 6.96. The number of benzene rings is 1. The van der Waals surface area contributed by atoms with E-state index in [2.05, 4.69) is 32.7 Å². The Morgan fingerprint density at radius 3 is 2.90 bits per heavy atom. The van der Waals surface area contributed by atoms with Crippen LogP contribution in [0.2, 0.25) is 0 Å². The van der Waals surface area contributed by atoms with Crippen LogP contribution in [0, 0.1) is 0 Å². The van der Waals surface area contributed by atoms with Crippen molar-refractivity contribution in [3.63, 3.8) is 0 Å². The van der Waals surface area contributed by atoms with Crippen molar-refractivity contribution in [2.24, 2.45) is 10.7 Å². The maximum Gasteiger partial charge on any atom is 0.284 e. The average molecular weight is 527 g/mol. The summed E-state index contributed by atoms with van der Waals surface area (Å²) in [7, 11) is 1.68. The van der Waals surface area contributed by atoms with Gasteiger partial charge in [0, 0.05) is 37.4 Å². The molecule has 8 nitrogen and oxygen atoms in total. The number of primary amides is 1. The molecular weight excluding hydrogens is 497 g/mol. The number of anilines is 1. The lowest BCUT2D eigenvalue weighted by molar-refractivity contribution is 0.0972. The molecule has 2 aromatic rings. The SMILES string of the molecule is CCNC(=NCc1ccc(C(N)=O)o1)NC1CCCN(c2cccc(OC)c2)C1.I. The second-order valence-corrected chi connectivity index (χ2v) is 6.96. The van der Waals surface area contributed by atoms with Crippen molar-refractivity contribution in [2.75, 3.05) is 31.6 Å². The van der Waals surface area contributed by atoms with E-state index in [1.807, 2.05) is 19.1 Å².